The minimum absolute atomic E-state index is 0.122. The van der Waals surface area contributed by atoms with Crippen LogP contribution in [0.2, 0.25) is 0 Å². The van der Waals surface area contributed by atoms with Crippen LogP contribution in [0.15, 0.2) is 0 Å². The molecule has 0 saturated heterocycles. The van der Waals surface area contributed by atoms with Crippen molar-refractivity contribution >= 4 is 24.0 Å². The van der Waals surface area contributed by atoms with Crippen molar-refractivity contribution in [2.24, 2.45) is 23.7 Å². The largest absolute Gasteiger partial charge is 0.463 e. The van der Waals surface area contributed by atoms with Crippen LogP contribution >= 0.6 is 0 Å². The van der Waals surface area contributed by atoms with E-state index < -0.39 is 0 Å². The average molecular weight is 513 g/mol. The van der Waals surface area contributed by atoms with Gasteiger partial charge in [0.25, 0.3) is 0 Å². The van der Waals surface area contributed by atoms with Crippen molar-refractivity contribution in [2.45, 2.75) is 112 Å². The number of unbranched alkanes of at least 4 members (excludes halogenated alkanes) is 2. The molecule has 0 aromatic rings. The third kappa shape index (κ3) is 16.1. The van der Waals surface area contributed by atoms with Crippen molar-refractivity contribution in [3.05, 3.63) is 0 Å². The molecule has 0 N–H and O–H groups in total. The topological polar surface area (TPSA) is 96.0 Å². The first-order chi connectivity index (χ1) is 17.3. The Morgan fingerprint density at radius 2 is 1.03 bits per heavy atom. The third-order valence-corrected chi connectivity index (χ3v) is 7.11. The van der Waals surface area contributed by atoms with E-state index >= 15 is 0 Å². The van der Waals surface area contributed by atoms with Gasteiger partial charge in [-0.15, -0.1) is 0 Å². The summed E-state index contributed by atoms with van der Waals surface area (Å²) in [6.07, 6.45) is 11.2. The van der Waals surface area contributed by atoms with E-state index in [0.29, 0.717) is 0 Å². The van der Waals surface area contributed by atoms with Crippen LogP contribution in [0.5, 0.6) is 0 Å². The number of aldehydes is 1. The van der Waals surface area contributed by atoms with E-state index in [0.717, 1.165) is 83.3 Å². The van der Waals surface area contributed by atoms with Crippen LogP contribution in [0.1, 0.15) is 112 Å². The Labute approximate surface area is 219 Å². The molecule has 0 aliphatic heterocycles. The van der Waals surface area contributed by atoms with E-state index in [2.05, 4.69) is 0 Å². The number of hydrogen-bond donors (Lipinski definition) is 0. The molecule has 0 fully saturated rings. The number of carbonyl (C=O) groups is 4. The van der Waals surface area contributed by atoms with Gasteiger partial charge in [-0.1, -0.05) is 53.4 Å². The fourth-order valence-corrected chi connectivity index (χ4v) is 4.36. The van der Waals surface area contributed by atoms with Crippen LogP contribution < -0.4 is 0 Å². The molecular weight excluding hydrogens is 460 g/mol. The molecule has 0 aliphatic carbocycles. The Kier molecular flexibility index (Phi) is 21.3. The second-order valence-corrected chi connectivity index (χ2v) is 9.75. The predicted octanol–water partition coefficient (Wildman–Crippen LogP) is 6.10. The zero-order chi connectivity index (χ0) is 27.2. The molecule has 4 atom stereocenters. The fourth-order valence-electron chi connectivity index (χ4n) is 4.36. The monoisotopic (exact) mass is 512 g/mol. The van der Waals surface area contributed by atoms with Gasteiger partial charge >= 0.3 is 11.9 Å². The lowest BCUT2D eigenvalue weighted by atomic mass is 9.92. The molecule has 210 valence electrons. The van der Waals surface area contributed by atoms with Gasteiger partial charge in [-0.05, 0) is 58.3 Å². The standard InChI is InChI=1S/C29H52O7/c1-6-24(22-30)14-10-11-16-26(8-3)28(32)35-20-18-34-19-21-36-29(33)27(9-4)17-13-12-15-25(7-2)23(5)31/h22,24-27H,6-21H2,1-5H3. The molecular formula is C29H52O7. The molecule has 0 aliphatic rings. The maximum absolute atomic E-state index is 12.3. The van der Waals surface area contributed by atoms with Crippen LogP contribution in [0, 0.1) is 23.7 Å². The number of ketones is 1. The highest BCUT2D eigenvalue weighted by atomic mass is 16.6. The van der Waals surface area contributed by atoms with Gasteiger partial charge in [0.1, 0.15) is 25.3 Å². The Bertz CT molecular complexity index is 604. The van der Waals surface area contributed by atoms with Gasteiger partial charge in [-0.3, -0.25) is 14.4 Å². The summed E-state index contributed by atoms with van der Waals surface area (Å²) in [6.45, 7) is 10.6. The molecule has 7 nitrogen and oxygen atoms in total. The molecule has 0 spiro atoms. The summed E-state index contributed by atoms with van der Waals surface area (Å²) in [5.41, 5.74) is 0. The van der Waals surface area contributed by atoms with E-state index in [-0.39, 0.29) is 67.8 Å². The summed E-state index contributed by atoms with van der Waals surface area (Å²) in [5.74, 6) is -0.141. The van der Waals surface area contributed by atoms with E-state index in [1.807, 2.05) is 27.7 Å². The van der Waals surface area contributed by atoms with E-state index in [9.17, 15) is 19.2 Å². The van der Waals surface area contributed by atoms with Crippen molar-refractivity contribution in [1.29, 1.82) is 0 Å². The van der Waals surface area contributed by atoms with Crippen molar-refractivity contribution in [3.63, 3.8) is 0 Å². The highest BCUT2D eigenvalue weighted by molar-refractivity contribution is 5.78. The van der Waals surface area contributed by atoms with E-state index in [4.69, 9.17) is 14.2 Å². The normalized spacial score (nSPS) is 14.5. The van der Waals surface area contributed by atoms with E-state index in [1.165, 1.54) is 0 Å². The maximum atomic E-state index is 12.3. The van der Waals surface area contributed by atoms with Crippen LogP contribution in [0.4, 0.5) is 0 Å². The predicted molar refractivity (Wildman–Crippen MR) is 142 cm³/mol. The number of esters is 2. The Balaban J connectivity index is 3.94. The summed E-state index contributed by atoms with van der Waals surface area (Å²) < 4.78 is 16.2. The van der Waals surface area contributed by atoms with Crippen molar-refractivity contribution in [3.8, 4) is 0 Å². The number of rotatable bonds is 24. The minimum atomic E-state index is -0.200. The van der Waals surface area contributed by atoms with Crippen LogP contribution in [-0.2, 0) is 33.4 Å². The zero-order valence-corrected chi connectivity index (χ0v) is 23.6. The SMILES string of the molecule is CCC(C=O)CCCCC(CC)C(=O)OCCOCCOC(=O)C(CC)CCCCC(CC)C(C)=O. The molecule has 0 saturated carbocycles. The number of ether oxygens (including phenoxy) is 3. The molecule has 36 heavy (non-hydrogen) atoms. The lowest BCUT2D eigenvalue weighted by Crippen LogP contribution is -2.21. The first-order valence-electron chi connectivity index (χ1n) is 14.2. The third-order valence-electron chi connectivity index (χ3n) is 7.11. The van der Waals surface area contributed by atoms with E-state index in [1.54, 1.807) is 6.92 Å². The Morgan fingerprint density at radius 3 is 1.39 bits per heavy atom. The smallest absolute Gasteiger partial charge is 0.308 e. The highest BCUT2D eigenvalue weighted by Gasteiger charge is 2.19. The second kappa shape index (κ2) is 22.4. The number of Topliss-reactive ketones (excluding diaryl/α,β-unsaturated/α-hetero) is 1. The maximum Gasteiger partial charge on any atom is 0.308 e. The highest BCUT2D eigenvalue weighted by Crippen LogP contribution is 2.20. The fraction of sp³-hybridized carbons (Fsp3) is 0.862. The molecule has 0 aromatic heterocycles. The molecule has 0 bridgehead atoms. The van der Waals surface area contributed by atoms with Crippen LogP contribution in [-0.4, -0.2) is 50.4 Å². The van der Waals surface area contributed by atoms with Gasteiger partial charge in [-0.25, -0.2) is 0 Å². The molecule has 0 aromatic carbocycles. The van der Waals surface area contributed by atoms with Gasteiger partial charge in [-0.2, -0.15) is 0 Å². The summed E-state index contributed by atoms with van der Waals surface area (Å²) in [4.78, 5) is 47.0. The molecule has 0 radical (unpaired) electrons. The summed E-state index contributed by atoms with van der Waals surface area (Å²) in [6, 6.07) is 0. The summed E-state index contributed by atoms with van der Waals surface area (Å²) >= 11 is 0. The molecule has 0 heterocycles. The van der Waals surface area contributed by atoms with Crippen molar-refractivity contribution in [1.82, 2.24) is 0 Å². The minimum Gasteiger partial charge on any atom is -0.463 e. The second-order valence-electron chi connectivity index (χ2n) is 9.75. The molecule has 0 amide bonds. The first kappa shape index (κ1) is 34.2. The Hall–Kier alpha value is -1.76. The lowest BCUT2D eigenvalue weighted by molar-refractivity contribution is -0.152. The van der Waals surface area contributed by atoms with Gasteiger partial charge < -0.3 is 19.0 Å². The molecule has 0 rings (SSSR count). The molecule has 4 unspecified atom stereocenters. The lowest BCUT2D eigenvalue weighted by Gasteiger charge is -2.16. The number of hydrogen-bond acceptors (Lipinski definition) is 7. The van der Waals surface area contributed by atoms with Gasteiger partial charge in [0.05, 0.1) is 25.0 Å². The van der Waals surface area contributed by atoms with Crippen molar-refractivity contribution < 1.29 is 33.4 Å². The summed E-state index contributed by atoms with van der Waals surface area (Å²) in [7, 11) is 0. The quantitative estimate of drug-likeness (QED) is 0.0875. The van der Waals surface area contributed by atoms with Gasteiger partial charge in [0.15, 0.2) is 0 Å². The van der Waals surface area contributed by atoms with Crippen molar-refractivity contribution in [2.75, 3.05) is 26.4 Å². The average Bonchev–Trinajstić information content (AvgIpc) is 2.87. The summed E-state index contributed by atoms with van der Waals surface area (Å²) in [5, 5.41) is 0. The first-order valence-corrected chi connectivity index (χ1v) is 14.2. The van der Waals surface area contributed by atoms with Crippen LogP contribution in [0.3, 0.4) is 0 Å². The van der Waals surface area contributed by atoms with Gasteiger partial charge in [0, 0.05) is 11.8 Å². The Morgan fingerprint density at radius 1 is 0.611 bits per heavy atom. The van der Waals surface area contributed by atoms with Crippen LogP contribution in [0.25, 0.3) is 0 Å². The van der Waals surface area contributed by atoms with Gasteiger partial charge in [0.2, 0.25) is 0 Å². The molecule has 7 heteroatoms. The zero-order valence-electron chi connectivity index (χ0n) is 23.6. The number of carbonyl (C=O) groups excluding carboxylic acids is 4.